The smallest absolute Gasteiger partial charge is 0.319 e. The van der Waals surface area contributed by atoms with E-state index in [2.05, 4.69) is 57.0 Å². The number of rotatable bonds is 17. The maximum Gasteiger partial charge on any atom is 0.319 e. The van der Waals surface area contributed by atoms with Crippen LogP contribution in [-0.2, 0) is 62.0 Å². The summed E-state index contributed by atoms with van der Waals surface area (Å²) in [4.78, 5) is 79.6. The van der Waals surface area contributed by atoms with Gasteiger partial charge in [0.25, 0.3) is 0 Å². The zero-order chi connectivity index (χ0) is 41.4. The second kappa shape index (κ2) is 47.5. The molecule has 0 spiro atoms. The number of aliphatic carboxylic acids is 1. The summed E-state index contributed by atoms with van der Waals surface area (Å²) in [6.45, 7) is 4.22. The van der Waals surface area contributed by atoms with E-state index in [1.807, 2.05) is 11.9 Å². The minimum absolute atomic E-state index is 0. The Morgan fingerprint density at radius 1 is 0.519 bits per heavy atom. The van der Waals surface area contributed by atoms with Gasteiger partial charge in [-0.3, -0.25) is 53.2 Å². The van der Waals surface area contributed by atoms with Gasteiger partial charge >= 0.3 is 41.8 Å². The van der Waals surface area contributed by atoms with Gasteiger partial charge in [0.2, 0.25) is 0 Å². The standard InChI is InChI=1S/C7H13NO4.C7H15NO2.C6H11NO4.C6H13NO3.C3H5BrO2.CH5N.H2O/c1-8(4-6(9)11-2)5-7(10)12-3;1-4-5-8(2)6-7(9)10-3;1-7(3-5(8)9)4-6(10)11-2;1-7(3-4-8)5-6(9)10-2;1-6-3(5)2-4;1-2;/h4-5H2,1-3H3;4-6H2,1-3H3;3-4H2,1-2H3,(H,8,9);8H,3-5H2,1-2H3;2H2,1H3;2H2,1H3;1H2/p-1. The lowest BCUT2D eigenvalue weighted by Gasteiger charge is -2.12. The molecule has 0 unspecified atom stereocenters. The molecule has 0 amide bonds. The van der Waals surface area contributed by atoms with E-state index in [-0.39, 0.29) is 80.0 Å². The largest absolute Gasteiger partial charge is 0.870 e. The molecule has 0 aromatic rings. The molecule has 0 saturated carbocycles. The van der Waals surface area contributed by atoms with Gasteiger partial charge in [-0.25, -0.2) is 0 Å². The van der Waals surface area contributed by atoms with Crippen LogP contribution in [0.3, 0.4) is 0 Å². The van der Waals surface area contributed by atoms with Crippen LogP contribution in [0.25, 0.3) is 0 Å². The Morgan fingerprint density at radius 2 is 0.769 bits per heavy atom. The van der Waals surface area contributed by atoms with E-state index in [0.29, 0.717) is 13.1 Å². The van der Waals surface area contributed by atoms with Crippen LogP contribution in [0.2, 0.25) is 0 Å². The highest BCUT2D eigenvalue weighted by molar-refractivity contribution is 9.09. The number of carboxylic acid groups (broad SMARTS) is 1. The summed E-state index contributed by atoms with van der Waals surface area (Å²) in [5, 5.41) is 17.0. The van der Waals surface area contributed by atoms with Gasteiger partial charge in [-0.2, -0.15) is 0 Å². The Kier molecular flexibility index (Phi) is 58.0. The number of aliphatic hydroxyl groups is 1. The highest BCUT2D eigenvalue weighted by Gasteiger charge is 2.10. The van der Waals surface area contributed by atoms with Gasteiger partial charge in [0, 0.05) is 6.54 Å². The van der Waals surface area contributed by atoms with Crippen LogP contribution >= 0.6 is 15.9 Å². The van der Waals surface area contributed by atoms with Crippen molar-refractivity contribution < 1.29 is 77.7 Å². The van der Waals surface area contributed by atoms with Crippen LogP contribution in [0.1, 0.15) is 13.3 Å². The Labute approximate surface area is 315 Å². The summed E-state index contributed by atoms with van der Waals surface area (Å²) in [6, 6.07) is 0. The zero-order valence-corrected chi connectivity index (χ0v) is 34.3. The van der Waals surface area contributed by atoms with Gasteiger partial charge in [-0.05, 0) is 48.2 Å². The highest BCUT2D eigenvalue weighted by atomic mass is 79.9. The topological polar surface area (TPSA) is 284 Å². The lowest BCUT2D eigenvalue weighted by atomic mass is 10.4. The van der Waals surface area contributed by atoms with E-state index in [0.717, 1.165) is 13.0 Å². The van der Waals surface area contributed by atoms with Crippen molar-refractivity contribution in [2.45, 2.75) is 13.3 Å². The first-order valence-electron chi connectivity index (χ1n) is 15.0. The number of nitrogens with zero attached hydrogens (tertiary/aromatic N) is 4. The lowest BCUT2D eigenvalue weighted by Crippen LogP contribution is -2.32. The summed E-state index contributed by atoms with van der Waals surface area (Å²) in [7, 11) is 16.3. The normalized spacial score (nSPS) is 9.13. The van der Waals surface area contributed by atoms with E-state index in [1.165, 1.54) is 66.6 Å². The number of esters is 6. The second-order valence-corrected chi connectivity index (χ2v) is 10.1. The van der Waals surface area contributed by atoms with Gasteiger partial charge in [-0.15, -0.1) is 0 Å². The van der Waals surface area contributed by atoms with Crippen LogP contribution in [-0.4, -0.2) is 219 Å². The van der Waals surface area contributed by atoms with Crippen LogP contribution in [0.4, 0.5) is 0 Å². The molecule has 0 atom stereocenters. The third-order valence-electron chi connectivity index (χ3n) is 4.96. The second-order valence-electron chi connectivity index (χ2n) is 9.53. The molecule has 5 N–H and O–H groups in total. The van der Waals surface area contributed by atoms with Crippen molar-refractivity contribution in [3.8, 4) is 0 Å². The third-order valence-corrected chi connectivity index (χ3v) is 5.42. The van der Waals surface area contributed by atoms with Crippen molar-refractivity contribution in [1.29, 1.82) is 0 Å². The number of halogens is 1. The van der Waals surface area contributed by atoms with Crippen molar-refractivity contribution in [2.75, 3.05) is 142 Å². The maximum absolute atomic E-state index is 10.7. The summed E-state index contributed by atoms with van der Waals surface area (Å²) in [5.41, 5.74) is 4.50. The average Bonchev–Trinajstić information content (AvgIpc) is 3.09. The number of carbonyl (C=O) groups excluding carboxylic acids is 6. The van der Waals surface area contributed by atoms with Gasteiger partial charge < -0.3 is 49.8 Å². The first-order valence-corrected chi connectivity index (χ1v) is 16.1. The molecular formula is C30H63BrN5O16-. The predicted octanol–water partition coefficient (Wildman–Crippen LogP) is -2.02. The number of aliphatic hydroxyl groups excluding tert-OH is 1. The molecule has 312 valence electrons. The minimum atomic E-state index is -0.962. The molecule has 0 rings (SSSR count). The van der Waals surface area contributed by atoms with Crippen LogP contribution in [0, 0.1) is 0 Å². The molecule has 22 heteroatoms. The molecule has 52 heavy (non-hydrogen) atoms. The molecule has 0 aliphatic carbocycles. The van der Waals surface area contributed by atoms with Crippen molar-refractivity contribution in [3.05, 3.63) is 0 Å². The molecule has 0 aromatic heterocycles. The van der Waals surface area contributed by atoms with Crippen molar-refractivity contribution in [3.63, 3.8) is 0 Å². The number of carboxylic acids is 1. The monoisotopic (exact) mass is 828 g/mol. The Morgan fingerprint density at radius 3 is 0.962 bits per heavy atom. The number of hydrogen-bond donors (Lipinski definition) is 3. The van der Waals surface area contributed by atoms with Gasteiger partial charge in [0.1, 0.15) is 5.33 Å². The lowest BCUT2D eigenvalue weighted by molar-refractivity contribution is -0.146. The predicted molar refractivity (Wildman–Crippen MR) is 193 cm³/mol. The number of likely N-dealkylation sites (N-methyl/N-ethyl adjacent to an activating group) is 4. The minimum Gasteiger partial charge on any atom is -0.870 e. The van der Waals surface area contributed by atoms with Crippen LogP contribution in [0.15, 0.2) is 0 Å². The molecule has 21 nitrogen and oxygen atoms in total. The number of alkyl halides is 1. The Bertz CT molecular complexity index is 869. The average molecular weight is 830 g/mol. The fraction of sp³-hybridized carbons (Fsp3) is 0.767. The Balaban J connectivity index is -0.0000000969. The van der Waals surface area contributed by atoms with E-state index in [9.17, 15) is 33.6 Å². The Hall–Kier alpha value is -3.51. The van der Waals surface area contributed by atoms with Gasteiger partial charge in [0.05, 0.1) is 88.5 Å². The summed E-state index contributed by atoms with van der Waals surface area (Å²) in [6.07, 6.45) is 1.06. The summed E-state index contributed by atoms with van der Waals surface area (Å²) in [5.74, 6) is -2.84. The summed E-state index contributed by atoms with van der Waals surface area (Å²) < 4.78 is 26.2. The first-order chi connectivity index (χ1) is 23.9. The molecule has 0 aliphatic rings. The fourth-order valence-corrected chi connectivity index (χ4v) is 2.76. The SMILES string of the molecule is CCCN(C)CC(=O)OC.CN.COC(=O)CBr.COC(=O)CN(C)CC(=O)O.COC(=O)CN(C)CC(=O)OC.COC(=O)CN(C)CCO.[OH-]. The number of carbonyl (C=O) groups is 7. The molecule has 0 saturated heterocycles. The molecule has 0 aromatic carbocycles. The van der Waals surface area contributed by atoms with Gasteiger partial charge in [0.15, 0.2) is 0 Å². The van der Waals surface area contributed by atoms with Crippen molar-refractivity contribution >= 4 is 57.7 Å². The van der Waals surface area contributed by atoms with E-state index in [1.54, 1.807) is 19.0 Å². The first kappa shape index (κ1) is 63.5. The maximum atomic E-state index is 10.7. The molecule has 0 fully saturated rings. The molecule has 0 radical (unpaired) electrons. The van der Waals surface area contributed by atoms with Crippen molar-refractivity contribution in [2.24, 2.45) is 5.73 Å². The quantitative estimate of drug-likeness (QED) is 0.0810. The molecular weight excluding hydrogens is 766 g/mol. The van der Waals surface area contributed by atoms with E-state index >= 15 is 0 Å². The third kappa shape index (κ3) is 58.7. The zero-order valence-electron chi connectivity index (χ0n) is 32.7. The molecule has 0 bridgehead atoms. The molecule has 0 heterocycles. The van der Waals surface area contributed by atoms with E-state index in [4.69, 9.17) is 10.2 Å². The van der Waals surface area contributed by atoms with Crippen molar-refractivity contribution in [1.82, 2.24) is 19.6 Å². The number of ether oxygens (including phenoxy) is 6. The van der Waals surface area contributed by atoms with Crippen LogP contribution in [0.5, 0.6) is 0 Å². The number of nitrogens with two attached hydrogens (primary N) is 1. The molecule has 0 aliphatic heterocycles. The van der Waals surface area contributed by atoms with Crippen LogP contribution < -0.4 is 5.73 Å². The van der Waals surface area contributed by atoms with E-state index < -0.39 is 11.9 Å². The number of hydrogen-bond acceptors (Lipinski definition) is 20. The van der Waals surface area contributed by atoms with Gasteiger partial charge in [-0.1, -0.05) is 22.9 Å². The number of methoxy groups -OCH3 is 6. The highest BCUT2D eigenvalue weighted by Crippen LogP contribution is 1.87. The summed E-state index contributed by atoms with van der Waals surface area (Å²) >= 11 is 2.90. The fourth-order valence-electron chi connectivity index (χ4n) is 2.53.